The Bertz CT molecular complexity index is 627. The quantitative estimate of drug-likeness (QED) is 0.889. The van der Waals surface area contributed by atoms with E-state index in [-0.39, 0.29) is 0 Å². The molecule has 3 heterocycles. The molecule has 0 aliphatic carbocycles. The SMILES string of the molecule is C=Cc1sc(-c2ccc(N3CCCC3)nc2)nc1CCNC. The van der Waals surface area contributed by atoms with E-state index in [1.165, 1.54) is 12.8 Å². The van der Waals surface area contributed by atoms with E-state index in [9.17, 15) is 0 Å². The Labute approximate surface area is 135 Å². The number of thiazole rings is 1. The van der Waals surface area contributed by atoms with Gasteiger partial charge in [-0.1, -0.05) is 12.7 Å². The predicted molar refractivity (Wildman–Crippen MR) is 94.5 cm³/mol. The van der Waals surface area contributed by atoms with Crippen LogP contribution in [0.5, 0.6) is 0 Å². The maximum atomic E-state index is 4.77. The van der Waals surface area contributed by atoms with Gasteiger partial charge in [-0.3, -0.25) is 0 Å². The Balaban J connectivity index is 1.81. The third kappa shape index (κ3) is 3.20. The van der Waals surface area contributed by atoms with E-state index in [1.54, 1.807) is 11.3 Å². The van der Waals surface area contributed by atoms with Gasteiger partial charge in [0.15, 0.2) is 0 Å². The number of hydrogen-bond acceptors (Lipinski definition) is 5. The highest BCUT2D eigenvalue weighted by atomic mass is 32.1. The summed E-state index contributed by atoms with van der Waals surface area (Å²) in [4.78, 5) is 12.9. The molecule has 22 heavy (non-hydrogen) atoms. The zero-order valence-electron chi connectivity index (χ0n) is 13.0. The maximum Gasteiger partial charge on any atom is 0.128 e. The van der Waals surface area contributed by atoms with Crippen molar-refractivity contribution in [3.8, 4) is 10.6 Å². The van der Waals surface area contributed by atoms with E-state index >= 15 is 0 Å². The first-order valence-electron chi connectivity index (χ1n) is 7.80. The lowest BCUT2D eigenvalue weighted by Crippen LogP contribution is -2.18. The fraction of sp³-hybridized carbons (Fsp3) is 0.412. The highest BCUT2D eigenvalue weighted by molar-refractivity contribution is 7.16. The minimum Gasteiger partial charge on any atom is -0.357 e. The van der Waals surface area contributed by atoms with Crippen molar-refractivity contribution in [3.05, 3.63) is 35.5 Å². The van der Waals surface area contributed by atoms with Gasteiger partial charge in [0.1, 0.15) is 10.8 Å². The van der Waals surface area contributed by atoms with Crippen molar-refractivity contribution in [1.29, 1.82) is 0 Å². The summed E-state index contributed by atoms with van der Waals surface area (Å²) >= 11 is 1.69. The lowest BCUT2D eigenvalue weighted by Gasteiger charge is -2.15. The van der Waals surface area contributed by atoms with Crippen molar-refractivity contribution in [3.63, 3.8) is 0 Å². The van der Waals surface area contributed by atoms with E-state index in [2.05, 4.69) is 33.9 Å². The molecular weight excluding hydrogens is 292 g/mol. The van der Waals surface area contributed by atoms with Gasteiger partial charge in [0.25, 0.3) is 0 Å². The maximum absolute atomic E-state index is 4.77. The third-order valence-electron chi connectivity index (χ3n) is 3.95. The second-order valence-electron chi connectivity index (χ2n) is 5.49. The van der Waals surface area contributed by atoms with Crippen molar-refractivity contribution >= 4 is 23.2 Å². The van der Waals surface area contributed by atoms with Crippen molar-refractivity contribution in [2.45, 2.75) is 19.3 Å². The first-order chi connectivity index (χ1) is 10.8. The minimum absolute atomic E-state index is 0.924. The van der Waals surface area contributed by atoms with E-state index in [1.807, 2.05) is 19.3 Å². The minimum atomic E-state index is 0.924. The summed E-state index contributed by atoms with van der Waals surface area (Å²) < 4.78 is 0. The van der Waals surface area contributed by atoms with Gasteiger partial charge in [0, 0.05) is 37.8 Å². The van der Waals surface area contributed by atoms with Gasteiger partial charge in [-0.25, -0.2) is 9.97 Å². The Morgan fingerprint density at radius 3 is 2.82 bits per heavy atom. The molecule has 0 aromatic carbocycles. The van der Waals surface area contributed by atoms with Crippen LogP contribution in [0.1, 0.15) is 23.4 Å². The van der Waals surface area contributed by atoms with Crippen LogP contribution in [0.25, 0.3) is 16.6 Å². The third-order valence-corrected chi connectivity index (χ3v) is 5.09. The molecule has 1 aliphatic rings. The molecule has 0 radical (unpaired) electrons. The molecule has 1 aliphatic heterocycles. The summed E-state index contributed by atoms with van der Waals surface area (Å²) in [7, 11) is 1.96. The molecule has 1 fully saturated rings. The number of nitrogens with one attached hydrogen (secondary N) is 1. The predicted octanol–water partition coefficient (Wildman–Crippen LogP) is 3.21. The standard InChI is InChI=1S/C17H22N4S/c1-3-15-14(8-9-18-2)20-17(22-15)13-6-7-16(19-12-13)21-10-4-5-11-21/h3,6-7,12,18H,1,4-5,8-11H2,2H3. The lowest BCUT2D eigenvalue weighted by molar-refractivity contribution is 0.780. The Kier molecular flexibility index (Phi) is 4.85. The molecule has 0 amide bonds. The topological polar surface area (TPSA) is 41.1 Å². The van der Waals surface area contributed by atoms with Crippen molar-refractivity contribution in [2.24, 2.45) is 0 Å². The van der Waals surface area contributed by atoms with Crippen molar-refractivity contribution < 1.29 is 0 Å². The smallest absolute Gasteiger partial charge is 0.128 e. The fourth-order valence-electron chi connectivity index (χ4n) is 2.71. The van der Waals surface area contributed by atoms with Gasteiger partial charge in [0.05, 0.1) is 10.6 Å². The number of pyridine rings is 1. The summed E-state index contributed by atoms with van der Waals surface area (Å²) in [6.45, 7) is 7.07. The molecular formula is C17H22N4S. The Morgan fingerprint density at radius 2 is 2.18 bits per heavy atom. The van der Waals surface area contributed by atoms with Crippen LogP contribution in [0.4, 0.5) is 5.82 Å². The first-order valence-corrected chi connectivity index (χ1v) is 8.61. The van der Waals surface area contributed by atoms with Crippen LogP contribution < -0.4 is 10.2 Å². The number of aromatic nitrogens is 2. The van der Waals surface area contributed by atoms with Gasteiger partial charge in [-0.2, -0.15) is 0 Å². The van der Waals surface area contributed by atoms with Crippen LogP contribution in [0.15, 0.2) is 24.9 Å². The molecule has 0 unspecified atom stereocenters. The number of nitrogens with zero attached hydrogens (tertiary/aromatic N) is 3. The molecule has 4 nitrogen and oxygen atoms in total. The zero-order chi connectivity index (χ0) is 15.4. The van der Waals surface area contributed by atoms with Crippen LogP contribution in [0.3, 0.4) is 0 Å². The molecule has 0 bridgehead atoms. The second kappa shape index (κ2) is 7.03. The molecule has 0 saturated carbocycles. The number of rotatable bonds is 6. The Morgan fingerprint density at radius 1 is 1.36 bits per heavy atom. The molecule has 1 N–H and O–H groups in total. The monoisotopic (exact) mass is 314 g/mol. The lowest BCUT2D eigenvalue weighted by atomic mass is 10.2. The number of hydrogen-bond donors (Lipinski definition) is 1. The van der Waals surface area contributed by atoms with Gasteiger partial charge in [0.2, 0.25) is 0 Å². The molecule has 116 valence electrons. The van der Waals surface area contributed by atoms with Gasteiger partial charge >= 0.3 is 0 Å². The van der Waals surface area contributed by atoms with Crippen LogP contribution in [0.2, 0.25) is 0 Å². The fourth-order valence-corrected chi connectivity index (χ4v) is 3.67. The summed E-state index contributed by atoms with van der Waals surface area (Å²) in [5.41, 5.74) is 2.21. The molecule has 0 spiro atoms. The Hall–Kier alpha value is -1.72. The van der Waals surface area contributed by atoms with Gasteiger partial charge in [-0.15, -0.1) is 11.3 Å². The summed E-state index contributed by atoms with van der Waals surface area (Å²) in [6.07, 6.45) is 7.31. The molecule has 2 aromatic rings. The normalized spacial score (nSPS) is 14.5. The van der Waals surface area contributed by atoms with E-state index in [0.717, 1.165) is 53.0 Å². The van der Waals surface area contributed by atoms with E-state index in [4.69, 9.17) is 4.98 Å². The molecule has 1 saturated heterocycles. The van der Waals surface area contributed by atoms with Crippen molar-refractivity contribution in [2.75, 3.05) is 31.6 Å². The summed E-state index contributed by atoms with van der Waals surface area (Å²) in [5, 5.41) is 4.20. The van der Waals surface area contributed by atoms with Gasteiger partial charge < -0.3 is 10.2 Å². The van der Waals surface area contributed by atoms with Crippen molar-refractivity contribution in [1.82, 2.24) is 15.3 Å². The molecule has 2 aromatic heterocycles. The largest absolute Gasteiger partial charge is 0.357 e. The number of likely N-dealkylation sites (N-methyl/N-ethyl adjacent to an activating group) is 1. The van der Waals surface area contributed by atoms with E-state index in [0.29, 0.717) is 0 Å². The van der Waals surface area contributed by atoms with Crippen LogP contribution in [-0.2, 0) is 6.42 Å². The van der Waals surface area contributed by atoms with Crippen LogP contribution >= 0.6 is 11.3 Å². The average molecular weight is 314 g/mol. The first kappa shape index (κ1) is 15.2. The molecule has 3 rings (SSSR count). The van der Waals surface area contributed by atoms with Gasteiger partial charge in [-0.05, 0) is 32.0 Å². The molecule has 5 heteroatoms. The highest BCUT2D eigenvalue weighted by Crippen LogP contribution is 2.30. The average Bonchev–Trinajstić information content (AvgIpc) is 3.22. The second-order valence-corrected chi connectivity index (χ2v) is 6.52. The zero-order valence-corrected chi connectivity index (χ0v) is 13.8. The number of anilines is 1. The van der Waals surface area contributed by atoms with Crippen LogP contribution in [-0.4, -0.2) is 36.6 Å². The highest BCUT2D eigenvalue weighted by Gasteiger charge is 2.14. The summed E-state index contributed by atoms with van der Waals surface area (Å²) in [5.74, 6) is 1.08. The van der Waals surface area contributed by atoms with E-state index < -0.39 is 0 Å². The summed E-state index contributed by atoms with van der Waals surface area (Å²) in [6, 6.07) is 4.25. The van der Waals surface area contributed by atoms with Crippen LogP contribution in [0, 0.1) is 0 Å². The molecule has 0 atom stereocenters.